The molecule has 0 saturated carbocycles. The lowest BCUT2D eigenvalue weighted by Gasteiger charge is -2.14. The molecule has 0 aliphatic heterocycles. The smallest absolute Gasteiger partial charge is 0.416 e. The Kier molecular flexibility index (Phi) is 4.99. The third kappa shape index (κ3) is 4.07. The van der Waals surface area contributed by atoms with Crippen LogP contribution in [0.2, 0.25) is 0 Å². The molecule has 0 bridgehead atoms. The van der Waals surface area contributed by atoms with Crippen molar-refractivity contribution in [2.75, 3.05) is 0 Å². The molecule has 0 atom stereocenters. The minimum atomic E-state index is -4.47. The van der Waals surface area contributed by atoms with E-state index in [2.05, 4.69) is 5.92 Å². The lowest BCUT2D eigenvalue weighted by atomic mass is 9.99. The number of terminal acetylenes is 1. The molecule has 0 N–H and O–H groups in total. The Morgan fingerprint density at radius 1 is 0.885 bits per heavy atom. The van der Waals surface area contributed by atoms with Gasteiger partial charge in [-0.1, -0.05) is 54.5 Å². The number of para-hydroxylation sites is 1. The fourth-order valence-electron chi connectivity index (χ4n) is 2.60. The Labute approximate surface area is 150 Å². The van der Waals surface area contributed by atoms with Crippen LogP contribution in [0.5, 0.6) is 5.75 Å². The van der Waals surface area contributed by atoms with Gasteiger partial charge in [-0.3, -0.25) is 0 Å². The SMILES string of the molecule is C#Cc1cc(-c2ccccc2OCc2ccccc2)cc(C(F)(F)F)c1. The maximum absolute atomic E-state index is 13.2. The van der Waals surface area contributed by atoms with Crippen LogP contribution >= 0.6 is 0 Å². The summed E-state index contributed by atoms with van der Waals surface area (Å²) in [4.78, 5) is 0. The number of hydrogen-bond acceptors (Lipinski definition) is 1. The molecule has 0 spiro atoms. The quantitative estimate of drug-likeness (QED) is 0.529. The molecular weight excluding hydrogens is 337 g/mol. The van der Waals surface area contributed by atoms with Crippen molar-refractivity contribution >= 4 is 0 Å². The fourth-order valence-corrected chi connectivity index (χ4v) is 2.60. The van der Waals surface area contributed by atoms with E-state index >= 15 is 0 Å². The average Bonchev–Trinajstić information content (AvgIpc) is 2.66. The first-order chi connectivity index (χ1) is 12.5. The van der Waals surface area contributed by atoms with Crippen LogP contribution in [-0.4, -0.2) is 0 Å². The highest BCUT2D eigenvalue weighted by Gasteiger charge is 2.31. The van der Waals surface area contributed by atoms with Crippen LogP contribution in [0.1, 0.15) is 16.7 Å². The Morgan fingerprint density at radius 3 is 2.27 bits per heavy atom. The van der Waals surface area contributed by atoms with Gasteiger partial charge < -0.3 is 4.74 Å². The topological polar surface area (TPSA) is 9.23 Å². The van der Waals surface area contributed by atoms with E-state index in [1.54, 1.807) is 30.3 Å². The molecule has 0 fully saturated rings. The minimum Gasteiger partial charge on any atom is -0.488 e. The molecule has 0 aliphatic carbocycles. The molecule has 0 unspecified atom stereocenters. The highest BCUT2D eigenvalue weighted by molar-refractivity contribution is 5.72. The van der Waals surface area contributed by atoms with Crippen molar-refractivity contribution in [1.82, 2.24) is 0 Å². The summed E-state index contributed by atoms with van der Waals surface area (Å²) in [5.41, 5.74) is 1.30. The van der Waals surface area contributed by atoms with E-state index in [1.807, 2.05) is 30.3 Å². The van der Waals surface area contributed by atoms with Gasteiger partial charge in [0.15, 0.2) is 0 Å². The molecule has 0 aliphatic rings. The van der Waals surface area contributed by atoms with E-state index in [1.165, 1.54) is 0 Å². The molecule has 0 radical (unpaired) electrons. The highest BCUT2D eigenvalue weighted by atomic mass is 19.4. The maximum atomic E-state index is 13.2. The summed E-state index contributed by atoms with van der Waals surface area (Å²) in [5.74, 6) is 2.78. The second kappa shape index (κ2) is 7.37. The third-order valence-corrected chi connectivity index (χ3v) is 3.86. The van der Waals surface area contributed by atoms with Gasteiger partial charge in [-0.05, 0) is 35.4 Å². The molecular formula is C22H15F3O. The molecule has 3 rings (SSSR count). The summed E-state index contributed by atoms with van der Waals surface area (Å²) in [6, 6.07) is 20.1. The van der Waals surface area contributed by atoms with E-state index in [-0.39, 0.29) is 5.56 Å². The van der Waals surface area contributed by atoms with Crippen molar-refractivity contribution in [3.8, 4) is 29.2 Å². The number of benzene rings is 3. The molecule has 130 valence electrons. The van der Waals surface area contributed by atoms with E-state index in [4.69, 9.17) is 11.2 Å². The van der Waals surface area contributed by atoms with Crippen LogP contribution < -0.4 is 4.74 Å². The van der Waals surface area contributed by atoms with Gasteiger partial charge in [0.05, 0.1) is 5.56 Å². The zero-order valence-electron chi connectivity index (χ0n) is 13.8. The first-order valence-corrected chi connectivity index (χ1v) is 7.92. The zero-order valence-corrected chi connectivity index (χ0v) is 13.8. The maximum Gasteiger partial charge on any atom is 0.416 e. The predicted molar refractivity (Wildman–Crippen MR) is 95.6 cm³/mol. The Balaban J connectivity index is 1.98. The lowest BCUT2D eigenvalue weighted by Crippen LogP contribution is -2.05. The average molecular weight is 352 g/mol. The molecule has 3 aromatic rings. The lowest BCUT2D eigenvalue weighted by molar-refractivity contribution is -0.137. The third-order valence-electron chi connectivity index (χ3n) is 3.86. The largest absolute Gasteiger partial charge is 0.488 e. The van der Waals surface area contributed by atoms with Crippen molar-refractivity contribution in [2.24, 2.45) is 0 Å². The molecule has 0 aromatic heterocycles. The van der Waals surface area contributed by atoms with Crippen molar-refractivity contribution in [1.29, 1.82) is 0 Å². The number of hydrogen-bond donors (Lipinski definition) is 0. The van der Waals surface area contributed by atoms with Gasteiger partial charge in [-0.25, -0.2) is 0 Å². The first-order valence-electron chi connectivity index (χ1n) is 7.92. The molecule has 4 heteroatoms. The minimum absolute atomic E-state index is 0.174. The van der Waals surface area contributed by atoms with Crippen LogP contribution in [0.25, 0.3) is 11.1 Å². The molecule has 26 heavy (non-hydrogen) atoms. The molecule has 0 amide bonds. The van der Waals surface area contributed by atoms with Gasteiger partial charge in [0.2, 0.25) is 0 Å². The van der Waals surface area contributed by atoms with E-state index < -0.39 is 11.7 Å². The van der Waals surface area contributed by atoms with Crippen molar-refractivity contribution in [3.63, 3.8) is 0 Å². The summed E-state index contributed by atoms with van der Waals surface area (Å²) in [5, 5.41) is 0. The van der Waals surface area contributed by atoms with Gasteiger partial charge in [0.25, 0.3) is 0 Å². The summed E-state index contributed by atoms with van der Waals surface area (Å²) < 4.78 is 45.4. The Bertz CT molecular complexity index is 938. The Morgan fingerprint density at radius 2 is 1.58 bits per heavy atom. The molecule has 1 nitrogen and oxygen atoms in total. The number of ether oxygens (including phenoxy) is 1. The van der Waals surface area contributed by atoms with E-state index in [0.717, 1.165) is 17.7 Å². The van der Waals surface area contributed by atoms with Crippen molar-refractivity contribution < 1.29 is 17.9 Å². The van der Waals surface area contributed by atoms with Crippen molar-refractivity contribution in [3.05, 3.63) is 89.5 Å². The van der Waals surface area contributed by atoms with Crippen LogP contribution in [0, 0.1) is 12.3 Å². The zero-order chi connectivity index (χ0) is 18.6. The number of halogens is 3. The number of rotatable bonds is 4. The second-order valence-electron chi connectivity index (χ2n) is 5.71. The molecule has 0 heterocycles. The predicted octanol–water partition coefficient (Wildman–Crippen LogP) is 5.93. The van der Waals surface area contributed by atoms with Crippen LogP contribution in [0.4, 0.5) is 13.2 Å². The van der Waals surface area contributed by atoms with Crippen LogP contribution in [-0.2, 0) is 12.8 Å². The summed E-state index contributed by atoms with van der Waals surface area (Å²) in [7, 11) is 0. The van der Waals surface area contributed by atoms with Crippen LogP contribution in [0.15, 0.2) is 72.8 Å². The summed E-state index contributed by atoms with van der Waals surface area (Å²) in [6.45, 7) is 0.318. The van der Waals surface area contributed by atoms with Gasteiger partial charge in [0.1, 0.15) is 12.4 Å². The number of alkyl halides is 3. The summed E-state index contributed by atoms with van der Waals surface area (Å²) >= 11 is 0. The highest BCUT2D eigenvalue weighted by Crippen LogP contribution is 2.36. The van der Waals surface area contributed by atoms with Crippen LogP contribution in [0.3, 0.4) is 0 Å². The van der Waals surface area contributed by atoms with E-state index in [9.17, 15) is 13.2 Å². The van der Waals surface area contributed by atoms with Crippen molar-refractivity contribution in [2.45, 2.75) is 12.8 Å². The molecule has 3 aromatic carbocycles. The first kappa shape index (κ1) is 17.6. The monoisotopic (exact) mass is 352 g/mol. The summed E-state index contributed by atoms with van der Waals surface area (Å²) in [6.07, 6.45) is 0.862. The fraction of sp³-hybridized carbons (Fsp3) is 0.0909. The standard InChI is InChI=1S/C22H15F3O/c1-2-16-12-18(14-19(13-16)22(23,24)25)20-10-6-7-11-21(20)26-15-17-8-4-3-5-9-17/h1,3-14H,15H2. The molecule has 0 saturated heterocycles. The van der Waals surface area contributed by atoms with Gasteiger partial charge >= 0.3 is 6.18 Å². The van der Waals surface area contributed by atoms with Gasteiger partial charge in [0, 0.05) is 11.1 Å². The normalized spacial score (nSPS) is 11.0. The van der Waals surface area contributed by atoms with Gasteiger partial charge in [-0.15, -0.1) is 6.42 Å². The Hall–Kier alpha value is -3.19. The second-order valence-corrected chi connectivity index (χ2v) is 5.71. The van der Waals surface area contributed by atoms with Gasteiger partial charge in [-0.2, -0.15) is 13.2 Å². The van der Waals surface area contributed by atoms with E-state index in [0.29, 0.717) is 23.5 Å².